The van der Waals surface area contributed by atoms with Crippen LogP contribution < -0.4 is 5.48 Å². The largest absolute Gasteiger partial charge is 0.425 e. The molecule has 2 aromatic rings. The molecule has 0 aliphatic carbocycles. The number of amides is 1. The second-order valence-electron chi connectivity index (χ2n) is 6.43. The van der Waals surface area contributed by atoms with E-state index in [1.54, 1.807) is 12.1 Å². The minimum atomic E-state index is -1.95. The fourth-order valence-electron chi connectivity index (χ4n) is 3.27. The Kier molecular flexibility index (Phi) is 5.29. The second kappa shape index (κ2) is 7.50. The van der Waals surface area contributed by atoms with Crippen molar-refractivity contribution in [3.8, 4) is 0 Å². The Morgan fingerprint density at radius 1 is 1.37 bits per heavy atom. The van der Waals surface area contributed by atoms with Gasteiger partial charge in [0, 0.05) is 17.3 Å². The fourth-order valence-corrected chi connectivity index (χ4v) is 3.27. The molecule has 7 nitrogen and oxygen atoms in total. The number of benzene rings is 1. The van der Waals surface area contributed by atoms with Gasteiger partial charge >= 0.3 is 5.97 Å². The number of fused-ring (bicyclic) bond motifs is 1. The normalized spacial score (nSPS) is 19.6. The molecular weight excluding hydrogens is 355 g/mol. The molecule has 0 bridgehead atoms. The molecule has 3 rings (SSSR count). The summed E-state index contributed by atoms with van der Waals surface area (Å²) in [5.74, 6) is -4.15. The molecule has 1 amide bonds. The van der Waals surface area contributed by atoms with E-state index in [1.165, 1.54) is 19.2 Å². The summed E-state index contributed by atoms with van der Waals surface area (Å²) in [5, 5.41) is 11.7. The van der Waals surface area contributed by atoms with Crippen molar-refractivity contribution in [3.63, 3.8) is 0 Å². The Morgan fingerprint density at radius 3 is 2.85 bits per heavy atom. The lowest BCUT2D eigenvalue weighted by atomic mass is 9.94. The highest BCUT2D eigenvalue weighted by molar-refractivity contribution is 6.24. The van der Waals surface area contributed by atoms with Crippen LogP contribution in [0, 0.1) is 5.82 Å². The molecule has 3 N–H and O–H groups in total. The maximum atomic E-state index is 13.5. The number of aromatic amines is 1. The predicted octanol–water partition coefficient (Wildman–Crippen LogP) is 2.56. The van der Waals surface area contributed by atoms with Gasteiger partial charge in [-0.15, -0.1) is 0 Å². The molecule has 0 spiro atoms. The Balaban J connectivity index is 2.13. The summed E-state index contributed by atoms with van der Waals surface area (Å²) >= 11 is 0. The molecular formula is C19H21FN2O5. The number of hydrogen-bond donors (Lipinski definition) is 3. The van der Waals surface area contributed by atoms with Gasteiger partial charge in [-0.3, -0.25) is 9.63 Å². The van der Waals surface area contributed by atoms with Crippen molar-refractivity contribution in [2.24, 2.45) is 0 Å². The minimum Gasteiger partial charge on any atom is -0.425 e. The van der Waals surface area contributed by atoms with Crippen molar-refractivity contribution >= 4 is 28.4 Å². The van der Waals surface area contributed by atoms with Gasteiger partial charge in [0.1, 0.15) is 11.4 Å². The van der Waals surface area contributed by atoms with Crippen molar-refractivity contribution < 1.29 is 28.7 Å². The highest BCUT2D eigenvalue weighted by atomic mass is 19.1. The van der Waals surface area contributed by atoms with Crippen molar-refractivity contribution in [2.75, 3.05) is 7.11 Å². The van der Waals surface area contributed by atoms with Gasteiger partial charge in [-0.2, -0.15) is 0 Å². The van der Waals surface area contributed by atoms with Crippen LogP contribution in [-0.2, 0) is 19.2 Å². The molecule has 0 radical (unpaired) electrons. The third kappa shape index (κ3) is 3.58. The van der Waals surface area contributed by atoms with E-state index in [0.29, 0.717) is 23.0 Å². The summed E-state index contributed by atoms with van der Waals surface area (Å²) in [6.07, 6.45) is 2.46. The van der Waals surface area contributed by atoms with E-state index < -0.39 is 23.5 Å². The van der Waals surface area contributed by atoms with Crippen LogP contribution in [0.4, 0.5) is 4.39 Å². The van der Waals surface area contributed by atoms with E-state index >= 15 is 0 Å². The van der Waals surface area contributed by atoms with E-state index in [9.17, 15) is 19.1 Å². The molecule has 1 aromatic carbocycles. The van der Waals surface area contributed by atoms with Crippen molar-refractivity contribution in [3.05, 3.63) is 41.3 Å². The molecule has 27 heavy (non-hydrogen) atoms. The zero-order chi connectivity index (χ0) is 19.6. The number of H-pyrrole nitrogens is 1. The number of hydroxylamine groups is 1. The maximum absolute atomic E-state index is 13.5. The van der Waals surface area contributed by atoms with Crippen LogP contribution in [0.5, 0.6) is 0 Å². The topological polar surface area (TPSA) is 101 Å². The van der Waals surface area contributed by atoms with Crippen molar-refractivity contribution in [1.29, 1.82) is 0 Å². The highest BCUT2D eigenvalue weighted by Crippen LogP contribution is 2.42. The van der Waals surface area contributed by atoms with Crippen molar-refractivity contribution in [1.82, 2.24) is 10.5 Å². The molecule has 0 saturated heterocycles. The fraction of sp³-hybridized carbons (Fsp3) is 0.368. The van der Waals surface area contributed by atoms with E-state index in [-0.39, 0.29) is 17.6 Å². The standard InChI is InChI=1S/C19H21FN2O5/c1-3-4-5-8-19(25)16(15(18(24)27-19)17(23)22-26-2)14-9-11-6-7-12(20)10-13(11)21-14/h6-7,9-10,21,25H,3-5,8H2,1-2H3,(H,22,23). The number of halogens is 1. The molecule has 0 fully saturated rings. The average Bonchev–Trinajstić information content (AvgIpc) is 3.12. The Bertz CT molecular complexity index is 920. The number of aliphatic hydroxyl groups is 1. The molecule has 1 aliphatic rings. The van der Waals surface area contributed by atoms with Crippen LogP contribution >= 0.6 is 0 Å². The third-order valence-corrected chi connectivity index (χ3v) is 4.50. The second-order valence-corrected chi connectivity index (χ2v) is 6.43. The van der Waals surface area contributed by atoms with Gasteiger partial charge in [-0.25, -0.2) is 14.7 Å². The molecule has 1 aliphatic heterocycles. The first-order valence-electron chi connectivity index (χ1n) is 8.72. The molecule has 1 aromatic heterocycles. The number of nitrogens with one attached hydrogen (secondary N) is 2. The number of unbranched alkanes of at least 4 members (excludes halogenated alkanes) is 2. The molecule has 0 saturated carbocycles. The molecule has 1 atom stereocenters. The van der Waals surface area contributed by atoms with Gasteiger partial charge < -0.3 is 14.8 Å². The summed E-state index contributed by atoms with van der Waals surface area (Å²) in [5.41, 5.74) is 2.54. The number of hydrogen-bond acceptors (Lipinski definition) is 5. The number of cyclic esters (lactones) is 1. The Hall–Kier alpha value is -2.71. The predicted molar refractivity (Wildman–Crippen MR) is 95.5 cm³/mol. The van der Waals surface area contributed by atoms with Crippen LogP contribution in [0.25, 0.3) is 16.5 Å². The smallest absolute Gasteiger partial charge is 0.347 e. The lowest BCUT2D eigenvalue weighted by Crippen LogP contribution is -2.31. The van der Waals surface area contributed by atoms with Crippen LogP contribution in [0.1, 0.15) is 38.3 Å². The number of ether oxygens (including phenoxy) is 1. The van der Waals surface area contributed by atoms with Gasteiger partial charge in [-0.1, -0.05) is 19.8 Å². The van der Waals surface area contributed by atoms with Gasteiger partial charge in [-0.05, 0) is 30.7 Å². The van der Waals surface area contributed by atoms with Crippen LogP contribution in [-0.4, -0.2) is 34.9 Å². The number of carbonyl (C=O) groups is 2. The van der Waals surface area contributed by atoms with Crippen LogP contribution in [0.15, 0.2) is 29.8 Å². The van der Waals surface area contributed by atoms with E-state index in [2.05, 4.69) is 15.3 Å². The van der Waals surface area contributed by atoms with Crippen molar-refractivity contribution in [2.45, 2.75) is 38.4 Å². The highest BCUT2D eigenvalue weighted by Gasteiger charge is 2.49. The third-order valence-electron chi connectivity index (χ3n) is 4.50. The van der Waals surface area contributed by atoms with Gasteiger partial charge in [0.2, 0.25) is 5.79 Å². The summed E-state index contributed by atoms with van der Waals surface area (Å²) in [6.45, 7) is 2.01. The number of rotatable bonds is 7. The molecule has 8 heteroatoms. The Labute approximate surface area is 155 Å². The monoisotopic (exact) mass is 376 g/mol. The lowest BCUT2D eigenvalue weighted by molar-refractivity contribution is -0.178. The summed E-state index contributed by atoms with van der Waals surface area (Å²) in [6, 6.07) is 5.80. The lowest BCUT2D eigenvalue weighted by Gasteiger charge is -2.24. The van der Waals surface area contributed by atoms with Gasteiger partial charge in [0.15, 0.2) is 0 Å². The van der Waals surface area contributed by atoms with Gasteiger partial charge in [0.05, 0.1) is 18.4 Å². The SMILES string of the molecule is CCCCCC1(O)OC(=O)C(C(=O)NOC)=C1c1cc2ccc(F)cc2[nH]1. The average molecular weight is 376 g/mol. The first-order chi connectivity index (χ1) is 12.9. The number of carbonyl (C=O) groups excluding carboxylic acids is 2. The molecule has 2 heterocycles. The minimum absolute atomic E-state index is 0.0229. The first kappa shape index (κ1) is 19.1. The first-order valence-corrected chi connectivity index (χ1v) is 8.72. The van der Waals surface area contributed by atoms with Crippen LogP contribution in [0.2, 0.25) is 0 Å². The summed E-state index contributed by atoms with van der Waals surface area (Å²) in [4.78, 5) is 32.3. The quantitative estimate of drug-likeness (QED) is 0.298. The van der Waals surface area contributed by atoms with E-state index in [0.717, 1.165) is 12.8 Å². The van der Waals surface area contributed by atoms with E-state index in [1.807, 2.05) is 6.92 Å². The number of esters is 1. The summed E-state index contributed by atoms with van der Waals surface area (Å²) in [7, 11) is 1.23. The molecule has 144 valence electrons. The Morgan fingerprint density at radius 2 is 2.15 bits per heavy atom. The summed E-state index contributed by atoms with van der Waals surface area (Å²) < 4.78 is 18.7. The maximum Gasteiger partial charge on any atom is 0.347 e. The van der Waals surface area contributed by atoms with Crippen LogP contribution in [0.3, 0.4) is 0 Å². The number of aromatic nitrogens is 1. The zero-order valence-electron chi connectivity index (χ0n) is 15.1. The van der Waals surface area contributed by atoms with E-state index in [4.69, 9.17) is 4.74 Å². The van der Waals surface area contributed by atoms with Gasteiger partial charge in [0.25, 0.3) is 5.91 Å². The molecule has 1 unspecified atom stereocenters. The zero-order valence-corrected chi connectivity index (χ0v) is 15.1.